The Kier molecular flexibility index (Phi) is 4.48. The highest BCUT2D eigenvalue weighted by molar-refractivity contribution is 9.10. The van der Waals surface area contributed by atoms with Crippen LogP contribution in [0.25, 0.3) is 0 Å². The van der Waals surface area contributed by atoms with Crippen LogP contribution in [0.2, 0.25) is 0 Å². The van der Waals surface area contributed by atoms with E-state index in [1.807, 2.05) is 24.3 Å². The lowest BCUT2D eigenvalue weighted by Gasteiger charge is -2.11. The van der Waals surface area contributed by atoms with Crippen LogP contribution in [0.15, 0.2) is 28.7 Å². The minimum atomic E-state index is -0.883. The first-order chi connectivity index (χ1) is 7.00. The quantitative estimate of drug-likeness (QED) is 0.913. The molecule has 0 aliphatic carbocycles. The molecule has 0 spiro atoms. The number of rotatable bonds is 4. The summed E-state index contributed by atoms with van der Waals surface area (Å²) < 4.78 is 0.996. The van der Waals surface area contributed by atoms with Gasteiger partial charge in [0.2, 0.25) is 0 Å². The molecule has 1 aromatic carbocycles. The second kappa shape index (κ2) is 5.42. The van der Waals surface area contributed by atoms with Gasteiger partial charge in [-0.1, -0.05) is 41.9 Å². The number of hydrogen-bond acceptors (Lipinski definition) is 2. The van der Waals surface area contributed by atoms with Crippen LogP contribution in [0, 0.1) is 5.92 Å². The Balaban J connectivity index is 2.62. The van der Waals surface area contributed by atoms with Gasteiger partial charge in [0.05, 0.1) is 0 Å². The molecule has 0 bridgehead atoms. The minimum Gasteiger partial charge on any atom is -0.385 e. The Morgan fingerprint density at radius 3 is 2.33 bits per heavy atom. The van der Waals surface area contributed by atoms with Gasteiger partial charge < -0.3 is 5.11 Å². The molecule has 0 saturated heterocycles. The maximum absolute atomic E-state index is 11.5. The molecule has 0 heterocycles. The Hall–Kier alpha value is -0.670. The molecule has 1 rings (SSSR count). The fourth-order valence-corrected chi connectivity index (χ4v) is 1.59. The predicted molar refractivity (Wildman–Crippen MR) is 63.7 cm³/mol. The summed E-state index contributed by atoms with van der Waals surface area (Å²) in [5.74, 6) is -0.214. The highest BCUT2D eigenvalue weighted by Crippen LogP contribution is 2.13. The van der Waals surface area contributed by atoms with Crippen molar-refractivity contribution in [2.45, 2.75) is 26.4 Å². The number of aliphatic hydroxyl groups excluding tert-OH is 1. The Labute approximate surface area is 98.4 Å². The molecule has 0 fully saturated rings. The molecule has 1 aromatic rings. The number of carbonyl (C=O) groups excluding carboxylic acids is 1. The molecular weight excluding hydrogens is 256 g/mol. The highest BCUT2D eigenvalue weighted by Gasteiger charge is 2.18. The van der Waals surface area contributed by atoms with E-state index in [1.165, 1.54) is 0 Å². The van der Waals surface area contributed by atoms with Crippen molar-refractivity contribution >= 4 is 21.7 Å². The van der Waals surface area contributed by atoms with E-state index in [4.69, 9.17) is 0 Å². The van der Waals surface area contributed by atoms with Crippen molar-refractivity contribution in [3.63, 3.8) is 0 Å². The number of halogens is 1. The fourth-order valence-electron chi connectivity index (χ4n) is 1.33. The van der Waals surface area contributed by atoms with Crippen molar-refractivity contribution in [3.05, 3.63) is 34.3 Å². The van der Waals surface area contributed by atoms with Gasteiger partial charge >= 0.3 is 0 Å². The molecule has 0 unspecified atom stereocenters. The van der Waals surface area contributed by atoms with Crippen LogP contribution in [-0.4, -0.2) is 17.0 Å². The smallest absolute Gasteiger partial charge is 0.164 e. The zero-order valence-electron chi connectivity index (χ0n) is 8.90. The first kappa shape index (κ1) is 12.4. The van der Waals surface area contributed by atoms with E-state index in [9.17, 15) is 9.90 Å². The van der Waals surface area contributed by atoms with Crippen LogP contribution in [-0.2, 0) is 11.2 Å². The summed E-state index contributed by atoms with van der Waals surface area (Å²) in [6.45, 7) is 3.60. The summed E-state index contributed by atoms with van der Waals surface area (Å²) in [6, 6.07) is 7.62. The molecule has 1 atom stereocenters. The SMILES string of the molecule is CC(C)C(=O)[C@H](O)Cc1ccc(Br)cc1. The van der Waals surface area contributed by atoms with Gasteiger partial charge in [-0.3, -0.25) is 4.79 Å². The second-order valence-electron chi connectivity index (χ2n) is 3.90. The molecule has 0 aliphatic heterocycles. The van der Waals surface area contributed by atoms with E-state index in [2.05, 4.69) is 15.9 Å². The fraction of sp³-hybridized carbons (Fsp3) is 0.417. The molecule has 1 N–H and O–H groups in total. The molecular formula is C12H15BrO2. The zero-order chi connectivity index (χ0) is 11.4. The summed E-state index contributed by atoms with van der Waals surface area (Å²) in [5.41, 5.74) is 0.972. The van der Waals surface area contributed by atoms with Crippen molar-refractivity contribution in [3.8, 4) is 0 Å². The Morgan fingerprint density at radius 2 is 1.87 bits per heavy atom. The van der Waals surface area contributed by atoms with Crippen molar-refractivity contribution in [2.24, 2.45) is 5.92 Å². The van der Waals surface area contributed by atoms with Gasteiger partial charge in [-0.25, -0.2) is 0 Å². The van der Waals surface area contributed by atoms with Gasteiger partial charge in [0.1, 0.15) is 6.10 Å². The van der Waals surface area contributed by atoms with Crippen LogP contribution in [0.3, 0.4) is 0 Å². The van der Waals surface area contributed by atoms with E-state index < -0.39 is 6.10 Å². The first-order valence-electron chi connectivity index (χ1n) is 4.97. The van der Waals surface area contributed by atoms with Crippen LogP contribution < -0.4 is 0 Å². The zero-order valence-corrected chi connectivity index (χ0v) is 10.5. The summed E-state index contributed by atoms with van der Waals surface area (Å²) in [5, 5.41) is 9.65. The molecule has 82 valence electrons. The average molecular weight is 271 g/mol. The highest BCUT2D eigenvalue weighted by atomic mass is 79.9. The Bertz CT molecular complexity index is 330. The molecule has 0 aliphatic rings. The number of benzene rings is 1. The van der Waals surface area contributed by atoms with E-state index in [0.717, 1.165) is 10.0 Å². The topological polar surface area (TPSA) is 37.3 Å². The normalized spacial score (nSPS) is 12.9. The van der Waals surface area contributed by atoms with Crippen LogP contribution in [0.4, 0.5) is 0 Å². The summed E-state index contributed by atoms with van der Waals surface area (Å²) in [4.78, 5) is 11.5. The predicted octanol–water partition coefficient (Wildman–Crippen LogP) is 2.58. The molecule has 0 saturated carbocycles. The first-order valence-corrected chi connectivity index (χ1v) is 5.76. The summed E-state index contributed by atoms with van der Waals surface area (Å²) in [7, 11) is 0. The van der Waals surface area contributed by atoms with Crippen molar-refractivity contribution in [1.82, 2.24) is 0 Å². The largest absolute Gasteiger partial charge is 0.385 e. The van der Waals surface area contributed by atoms with Crippen LogP contribution in [0.5, 0.6) is 0 Å². The van der Waals surface area contributed by atoms with Crippen molar-refractivity contribution in [2.75, 3.05) is 0 Å². The van der Waals surface area contributed by atoms with Crippen LogP contribution >= 0.6 is 15.9 Å². The number of ketones is 1. The molecule has 0 radical (unpaired) electrons. The van der Waals surface area contributed by atoms with Crippen LogP contribution in [0.1, 0.15) is 19.4 Å². The van der Waals surface area contributed by atoms with Crippen molar-refractivity contribution < 1.29 is 9.90 Å². The van der Waals surface area contributed by atoms with Gasteiger partial charge in [0, 0.05) is 16.8 Å². The summed E-state index contributed by atoms with van der Waals surface area (Å²) >= 11 is 3.33. The van der Waals surface area contributed by atoms with E-state index in [0.29, 0.717) is 6.42 Å². The number of Topliss-reactive ketones (excluding diaryl/α,β-unsaturated/α-hetero) is 1. The third-order valence-corrected chi connectivity index (χ3v) is 2.77. The maximum Gasteiger partial charge on any atom is 0.164 e. The third kappa shape index (κ3) is 3.76. The molecule has 3 heteroatoms. The van der Waals surface area contributed by atoms with Gasteiger partial charge in [0.15, 0.2) is 5.78 Å². The van der Waals surface area contributed by atoms with Gasteiger partial charge in [-0.15, -0.1) is 0 Å². The van der Waals surface area contributed by atoms with Crippen molar-refractivity contribution in [1.29, 1.82) is 0 Å². The lowest BCUT2D eigenvalue weighted by Crippen LogP contribution is -2.27. The van der Waals surface area contributed by atoms with Gasteiger partial charge in [-0.05, 0) is 17.7 Å². The van der Waals surface area contributed by atoms with E-state index in [-0.39, 0.29) is 11.7 Å². The maximum atomic E-state index is 11.5. The van der Waals surface area contributed by atoms with Gasteiger partial charge in [-0.2, -0.15) is 0 Å². The monoisotopic (exact) mass is 270 g/mol. The number of aliphatic hydroxyl groups is 1. The third-order valence-electron chi connectivity index (χ3n) is 2.24. The lowest BCUT2D eigenvalue weighted by atomic mass is 9.98. The number of carbonyl (C=O) groups is 1. The summed E-state index contributed by atoms with van der Waals surface area (Å²) in [6.07, 6.45) is -0.490. The lowest BCUT2D eigenvalue weighted by molar-refractivity contribution is -0.130. The standard InChI is InChI=1S/C12H15BrO2/c1-8(2)12(15)11(14)7-9-3-5-10(13)6-4-9/h3-6,8,11,14H,7H2,1-2H3/t11-/m1/s1. The Morgan fingerprint density at radius 1 is 1.33 bits per heavy atom. The molecule has 15 heavy (non-hydrogen) atoms. The molecule has 2 nitrogen and oxygen atoms in total. The second-order valence-corrected chi connectivity index (χ2v) is 4.82. The molecule has 0 aromatic heterocycles. The molecule has 0 amide bonds. The average Bonchev–Trinajstić information content (AvgIpc) is 2.20. The van der Waals surface area contributed by atoms with Gasteiger partial charge in [0.25, 0.3) is 0 Å². The number of hydrogen-bond donors (Lipinski definition) is 1. The van der Waals surface area contributed by atoms with E-state index in [1.54, 1.807) is 13.8 Å². The minimum absolute atomic E-state index is 0.0991. The van der Waals surface area contributed by atoms with E-state index >= 15 is 0 Å².